The van der Waals surface area contributed by atoms with E-state index < -0.39 is 0 Å². The van der Waals surface area contributed by atoms with E-state index in [9.17, 15) is 4.79 Å². The van der Waals surface area contributed by atoms with Crippen LogP contribution in [-0.2, 0) is 0 Å². The van der Waals surface area contributed by atoms with Gasteiger partial charge in [-0.1, -0.05) is 0 Å². The maximum absolute atomic E-state index is 12.7. The minimum Gasteiger partial charge on any atom is -0.497 e. The molecule has 1 amide bonds. The molecule has 0 unspecified atom stereocenters. The number of likely N-dealkylation sites (tertiary alicyclic amines) is 1. The Balaban J connectivity index is 2.14. The van der Waals surface area contributed by atoms with Crippen LogP contribution in [0.4, 0.5) is 0 Å². The van der Waals surface area contributed by atoms with Crippen LogP contribution in [0.3, 0.4) is 0 Å². The van der Waals surface area contributed by atoms with Crippen molar-refractivity contribution in [2.24, 2.45) is 5.92 Å². The van der Waals surface area contributed by atoms with Crippen LogP contribution in [-0.4, -0.2) is 44.6 Å². The number of nitrogens with one attached hydrogen (secondary N) is 1. The first kappa shape index (κ1) is 15.3. The topological polar surface area (TPSA) is 41.6 Å². The number of piperidine rings is 1. The van der Waals surface area contributed by atoms with Gasteiger partial charge in [0.2, 0.25) is 0 Å². The van der Waals surface area contributed by atoms with E-state index in [2.05, 4.69) is 21.2 Å². The van der Waals surface area contributed by atoms with E-state index in [1.807, 2.05) is 24.1 Å². The molecular formula is C15H21BrN2O2. The van der Waals surface area contributed by atoms with Gasteiger partial charge in [-0.25, -0.2) is 0 Å². The largest absolute Gasteiger partial charge is 0.497 e. The monoisotopic (exact) mass is 340 g/mol. The van der Waals surface area contributed by atoms with E-state index in [1.165, 1.54) is 6.42 Å². The summed E-state index contributed by atoms with van der Waals surface area (Å²) in [6, 6.07) is 5.51. The summed E-state index contributed by atoms with van der Waals surface area (Å²) in [6.45, 7) is 2.62. The van der Waals surface area contributed by atoms with Crippen molar-refractivity contribution in [3.8, 4) is 5.75 Å². The molecule has 5 heteroatoms. The highest BCUT2D eigenvalue weighted by Gasteiger charge is 2.25. The summed E-state index contributed by atoms with van der Waals surface area (Å²) in [7, 11) is 3.57. The predicted molar refractivity (Wildman–Crippen MR) is 83.2 cm³/mol. The lowest BCUT2D eigenvalue weighted by Crippen LogP contribution is -2.42. The van der Waals surface area contributed by atoms with Gasteiger partial charge < -0.3 is 15.0 Å². The van der Waals surface area contributed by atoms with Crippen LogP contribution in [0.5, 0.6) is 5.75 Å². The molecule has 4 nitrogen and oxygen atoms in total. The minimum absolute atomic E-state index is 0.0802. The second-order valence-corrected chi connectivity index (χ2v) is 6.02. The highest BCUT2D eigenvalue weighted by Crippen LogP contribution is 2.26. The van der Waals surface area contributed by atoms with Gasteiger partial charge >= 0.3 is 0 Å². The number of hydrogen-bond donors (Lipinski definition) is 1. The highest BCUT2D eigenvalue weighted by atomic mass is 79.9. The molecule has 1 N–H and O–H groups in total. The third kappa shape index (κ3) is 3.52. The van der Waals surface area contributed by atoms with Crippen molar-refractivity contribution in [1.29, 1.82) is 0 Å². The maximum Gasteiger partial charge on any atom is 0.255 e. The third-order valence-electron chi connectivity index (χ3n) is 3.70. The summed E-state index contributed by atoms with van der Waals surface area (Å²) in [4.78, 5) is 14.6. The lowest BCUT2D eigenvalue weighted by atomic mass is 9.97. The average molecular weight is 341 g/mol. The minimum atomic E-state index is 0.0802. The van der Waals surface area contributed by atoms with E-state index >= 15 is 0 Å². The van der Waals surface area contributed by atoms with Crippen molar-refractivity contribution in [2.75, 3.05) is 33.8 Å². The summed E-state index contributed by atoms with van der Waals surface area (Å²) in [5.74, 6) is 1.33. The molecule has 1 aliphatic rings. The summed E-state index contributed by atoms with van der Waals surface area (Å²) in [5.41, 5.74) is 0.675. The number of ether oxygens (including phenoxy) is 1. The number of amides is 1. The van der Waals surface area contributed by atoms with Gasteiger partial charge in [0.15, 0.2) is 0 Å². The molecule has 1 aromatic rings. The Kier molecular flexibility index (Phi) is 5.43. The lowest BCUT2D eigenvalue weighted by molar-refractivity contribution is 0.0673. The van der Waals surface area contributed by atoms with Crippen LogP contribution < -0.4 is 10.1 Å². The number of hydrogen-bond acceptors (Lipinski definition) is 3. The molecule has 2 rings (SSSR count). The second kappa shape index (κ2) is 7.09. The number of carbonyl (C=O) groups is 1. The quantitative estimate of drug-likeness (QED) is 0.915. The summed E-state index contributed by atoms with van der Waals surface area (Å²) < 4.78 is 6.02. The van der Waals surface area contributed by atoms with E-state index in [0.29, 0.717) is 17.2 Å². The Bertz CT molecular complexity index is 477. The SMILES string of the molecule is CNC[C@@H]1CCCN(C(=O)c2cc(OC)ccc2Br)C1. The summed E-state index contributed by atoms with van der Waals surface area (Å²) in [5, 5.41) is 3.20. The molecule has 20 heavy (non-hydrogen) atoms. The predicted octanol–water partition coefficient (Wildman–Crippen LogP) is 2.53. The van der Waals surface area contributed by atoms with E-state index in [0.717, 1.165) is 30.5 Å². The van der Waals surface area contributed by atoms with Crippen molar-refractivity contribution in [3.63, 3.8) is 0 Å². The maximum atomic E-state index is 12.7. The van der Waals surface area contributed by atoms with Crippen molar-refractivity contribution in [3.05, 3.63) is 28.2 Å². The van der Waals surface area contributed by atoms with Gasteiger partial charge in [-0.2, -0.15) is 0 Å². The lowest BCUT2D eigenvalue weighted by Gasteiger charge is -2.33. The fourth-order valence-corrected chi connectivity index (χ4v) is 3.09. The van der Waals surface area contributed by atoms with Gasteiger partial charge in [-0.15, -0.1) is 0 Å². The molecule has 1 heterocycles. The van der Waals surface area contributed by atoms with Crippen molar-refractivity contribution < 1.29 is 9.53 Å². The molecule has 0 bridgehead atoms. The molecule has 0 spiro atoms. The molecule has 0 aromatic heterocycles. The zero-order valence-electron chi connectivity index (χ0n) is 12.0. The molecule has 0 radical (unpaired) electrons. The third-order valence-corrected chi connectivity index (χ3v) is 4.39. The van der Waals surface area contributed by atoms with Crippen LogP contribution in [0, 0.1) is 5.92 Å². The number of rotatable bonds is 4. The van der Waals surface area contributed by atoms with Crippen molar-refractivity contribution in [2.45, 2.75) is 12.8 Å². The Morgan fingerprint density at radius 1 is 1.55 bits per heavy atom. The first-order chi connectivity index (χ1) is 9.65. The van der Waals surface area contributed by atoms with Gasteiger partial charge in [-0.05, 0) is 66.5 Å². The van der Waals surface area contributed by atoms with Crippen LogP contribution in [0.1, 0.15) is 23.2 Å². The summed E-state index contributed by atoms with van der Waals surface area (Å²) >= 11 is 3.46. The Hall–Kier alpha value is -1.07. The summed E-state index contributed by atoms with van der Waals surface area (Å²) in [6.07, 6.45) is 2.25. The zero-order valence-corrected chi connectivity index (χ0v) is 13.6. The normalized spacial score (nSPS) is 18.9. The van der Waals surface area contributed by atoms with Gasteiger partial charge in [0, 0.05) is 17.6 Å². The van der Waals surface area contributed by atoms with Gasteiger partial charge in [0.1, 0.15) is 5.75 Å². The number of methoxy groups -OCH3 is 1. The average Bonchev–Trinajstić information content (AvgIpc) is 2.48. The van der Waals surface area contributed by atoms with Gasteiger partial charge in [0.05, 0.1) is 12.7 Å². The number of benzene rings is 1. The van der Waals surface area contributed by atoms with Crippen LogP contribution >= 0.6 is 15.9 Å². The standard InChI is InChI=1S/C15H21BrN2O2/c1-17-9-11-4-3-7-18(10-11)15(19)13-8-12(20-2)5-6-14(13)16/h5-6,8,11,17H,3-4,7,9-10H2,1-2H3/t11-/m0/s1. The van der Waals surface area contributed by atoms with E-state index in [-0.39, 0.29) is 5.91 Å². The molecule has 1 aliphatic heterocycles. The van der Waals surface area contributed by atoms with Crippen LogP contribution in [0.15, 0.2) is 22.7 Å². The Labute approximate surface area is 128 Å². The molecule has 1 fully saturated rings. The number of halogens is 1. The highest BCUT2D eigenvalue weighted by molar-refractivity contribution is 9.10. The number of nitrogens with zero attached hydrogens (tertiary/aromatic N) is 1. The number of carbonyl (C=O) groups excluding carboxylic acids is 1. The Morgan fingerprint density at radius 3 is 3.05 bits per heavy atom. The zero-order chi connectivity index (χ0) is 14.5. The van der Waals surface area contributed by atoms with Gasteiger partial charge in [-0.3, -0.25) is 4.79 Å². The molecule has 0 saturated carbocycles. The van der Waals surface area contributed by atoms with E-state index in [4.69, 9.17) is 4.74 Å². The molecule has 1 aromatic carbocycles. The van der Waals surface area contributed by atoms with Gasteiger partial charge in [0.25, 0.3) is 5.91 Å². The molecule has 110 valence electrons. The Morgan fingerprint density at radius 2 is 2.35 bits per heavy atom. The van der Waals surface area contributed by atoms with Crippen molar-refractivity contribution >= 4 is 21.8 Å². The smallest absolute Gasteiger partial charge is 0.255 e. The van der Waals surface area contributed by atoms with Crippen molar-refractivity contribution in [1.82, 2.24) is 10.2 Å². The molecular weight excluding hydrogens is 320 g/mol. The van der Waals surface area contributed by atoms with Crippen LogP contribution in [0.2, 0.25) is 0 Å². The molecule has 1 saturated heterocycles. The first-order valence-corrected chi connectivity index (χ1v) is 7.72. The fourth-order valence-electron chi connectivity index (χ4n) is 2.67. The first-order valence-electron chi connectivity index (χ1n) is 6.93. The molecule has 1 atom stereocenters. The second-order valence-electron chi connectivity index (χ2n) is 5.16. The van der Waals surface area contributed by atoms with E-state index in [1.54, 1.807) is 13.2 Å². The van der Waals surface area contributed by atoms with Crippen LogP contribution in [0.25, 0.3) is 0 Å². The fraction of sp³-hybridized carbons (Fsp3) is 0.533. The molecule has 0 aliphatic carbocycles.